The lowest BCUT2D eigenvalue weighted by Crippen LogP contribution is -2.33. The molecule has 0 bridgehead atoms. The molecule has 0 spiro atoms. The summed E-state index contributed by atoms with van der Waals surface area (Å²) >= 11 is 0. The number of nitro groups is 1. The fraction of sp³-hybridized carbons (Fsp3) is 0.250. The fourth-order valence-corrected chi connectivity index (χ4v) is 2.10. The van der Waals surface area contributed by atoms with Crippen LogP contribution < -0.4 is 0 Å². The predicted molar refractivity (Wildman–Crippen MR) is 83.9 cm³/mol. The molecule has 0 N–H and O–H groups in total. The van der Waals surface area contributed by atoms with Crippen LogP contribution in [0.1, 0.15) is 15.9 Å². The number of nitro benzene ring substituents is 1. The number of nitrogens with zero attached hydrogens (tertiary/aromatic N) is 3. The molecule has 1 amide bonds. The van der Waals surface area contributed by atoms with E-state index in [4.69, 9.17) is 4.74 Å². The highest BCUT2D eigenvalue weighted by atomic mass is 16.6. The summed E-state index contributed by atoms with van der Waals surface area (Å²) in [5.41, 5.74) is 1.10. The van der Waals surface area contributed by atoms with Gasteiger partial charge in [-0.2, -0.15) is 0 Å². The lowest BCUT2D eigenvalue weighted by Gasteiger charge is -2.22. The minimum Gasteiger partial charge on any atom is -0.383 e. The number of non-ortho nitro benzene ring substituents is 1. The van der Waals surface area contributed by atoms with Gasteiger partial charge < -0.3 is 9.64 Å². The molecule has 120 valence electrons. The van der Waals surface area contributed by atoms with E-state index in [2.05, 4.69) is 4.98 Å². The smallest absolute Gasteiger partial charge is 0.270 e. The van der Waals surface area contributed by atoms with Gasteiger partial charge in [-0.25, -0.2) is 0 Å². The quantitative estimate of drug-likeness (QED) is 0.578. The molecule has 0 aliphatic heterocycles. The van der Waals surface area contributed by atoms with Gasteiger partial charge in [0, 0.05) is 50.3 Å². The lowest BCUT2D eigenvalue weighted by atomic mass is 10.1. The summed E-state index contributed by atoms with van der Waals surface area (Å²) in [4.78, 5) is 28.6. The monoisotopic (exact) mass is 315 g/mol. The maximum absolute atomic E-state index is 12.7. The van der Waals surface area contributed by atoms with E-state index in [1.807, 2.05) is 12.1 Å². The van der Waals surface area contributed by atoms with E-state index in [0.717, 1.165) is 5.56 Å². The Balaban J connectivity index is 2.22. The van der Waals surface area contributed by atoms with Crippen molar-refractivity contribution in [1.29, 1.82) is 0 Å². The highest BCUT2D eigenvalue weighted by molar-refractivity contribution is 5.94. The van der Waals surface area contributed by atoms with E-state index in [-0.39, 0.29) is 17.2 Å². The molecule has 7 heteroatoms. The van der Waals surface area contributed by atoms with Crippen LogP contribution in [0.3, 0.4) is 0 Å². The molecule has 1 aromatic heterocycles. The number of pyridine rings is 1. The Morgan fingerprint density at radius 2 is 2.04 bits per heavy atom. The van der Waals surface area contributed by atoms with Crippen LogP contribution in [0.4, 0.5) is 5.69 Å². The number of rotatable bonds is 7. The van der Waals surface area contributed by atoms with Gasteiger partial charge in [0.15, 0.2) is 0 Å². The topological polar surface area (TPSA) is 85.6 Å². The molecule has 0 aliphatic carbocycles. The standard InChI is InChI=1S/C16H17N3O4/c1-23-10-9-18(12-13-5-7-17-8-6-13)16(20)14-3-2-4-15(11-14)19(21)22/h2-8,11H,9-10,12H2,1H3. The predicted octanol–water partition coefficient (Wildman–Crippen LogP) is 2.28. The Bertz CT molecular complexity index is 676. The first-order chi connectivity index (χ1) is 11.1. The number of hydrogen-bond acceptors (Lipinski definition) is 5. The van der Waals surface area contributed by atoms with Gasteiger partial charge in [0.25, 0.3) is 11.6 Å². The van der Waals surface area contributed by atoms with Crippen molar-refractivity contribution in [2.75, 3.05) is 20.3 Å². The Morgan fingerprint density at radius 3 is 2.70 bits per heavy atom. The molecule has 7 nitrogen and oxygen atoms in total. The van der Waals surface area contributed by atoms with Crippen molar-refractivity contribution < 1.29 is 14.5 Å². The zero-order valence-corrected chi connectivity index (χ0v) is 12.7. The molecule has 0 atom stereocenters. The number of methoxy groups -OCH3 is 1. The summed E-state index contributed by atoms with van der Waals surface area (Å²) < 4.78 is 5.04. The number of aromatic nitrogens is 1. The molecule has 0 saturated carbocycles. The molecule has 1 aromatic carbocycles. The highest BCUT2D eigenvalue weighted by Crippen LogP contribution is 2.16. The minimum absolute atomic E-state index is 0.105. The van der Waals surface area contributed by atoms with Gasteiger partial charge >= 0.3 is 0 Å². The number of benzene rings is 1. The van der Waals surface area contributed by atoms with Gasteiger partial charge in [-0.15, -0.1) is 0 Å². The molecule has 0 unspecified atom stereocenters. The summed E-state index contributed by atoms with van der Waals surface area (Å²) in [5.74, 6) is -0.275. The van der Waals surface area contributed by atoms with Crippen LogP contribution in [-0.4, -0.2) is 41.0 Å². The van der Waals surface area contributed by atoms with Crippen LogP contribution in [0, 0.1) is 10.1 Å². The molecule has 23 heavy (non-hydrogen) atoms. The van der Waals surface area contributed by atoms with Gasteiger partial charge in [-0.3, -0.25) is 19.9 Å². The summed E-state index contributed by atoms with van der Waals surface area (Å²) in [6.45, 7) is 1.15. The minimum atomic E-state index is -0.515. The lowest BCUT2D eigenvalue weighted by molar-refractivity contribution is -0.384. The Labute approximate surface area is 133 Å². The maximum atomic E-state index is 12.7. The van der Waals surface area contributed by atoms with Crippen LogP contribution in [0.25, 0.3) is 0 Å². The first-order valence-corrected chi connectivity index (χ1v) is 7.03. The average Bonchev–Trinajstić information content (AvgIpc) is 2.59. The molecule has 0 aliphatic rings. The zero-order valence-electron chi connectivity index (χ0n) is 12.7. The fourth-order valence-electron chi connectivity index (χ4n) is 2.10. The van der Waals surface area contributed by atoms with Crippen LogP contribution in [-0.2, 0) is 11.3 Å². The molecular weight excluding hydrogens is 298 g/mol. The van der Waals surface area contributed by atoms with Gasteiger partial charge in [0.1, 0.15) is 0 Å². The molecule has 0 saturated heterocycles. The second kappa shape index (κ2) is 8.00. The molecule has 0 fully saturated rings. The van der Waals surface area contributed by atoms with E-state index >= 15 is 0 Å². The van der Waals surface area contributed by atoms with Crippen molar-refractivity contribution in [3.8, 4) is 0 Å². The number of carbonyl (C=O) groups excluding carboxylic acids is 1. The van der Waals surface area contributed by atoms with Gasteiger partial charge in [-0.1, -0.05) is 6.07 Å². The van der Waals surface area contributed by atoms with Gasteiger partial charge in [0.2, 0.25) is 0 Å². The third-order valence-electron chi connectivity index (χ3n) is 3.28. The Kier molecular flexibility index (Phi) is 5.76. The maximum Gasteiger partial charge on any atom is 0.270 e. The van der Waals surface area contributed by atoms with Crippen LogP contribution in [0.15, 0.2) is 48.8 Å². The largest absolute Gasteiger partial charge is 0.383 e. The third-order valence-corrected chi connectivity index (χ3v) is 3.28. The highest BCUT2D eigenvalue weighted by Gasteiger charge is 2.18. The summed E-state index contributed by atoms with van der Waals surface area (Å²) in [5, 5.41) is 10.9. The van der Waals surface area contributed by atoms with Crippen LogP contribution >= 0.6 is 0 Å². The normalized spacial score (nSPS) is 10.3. The second-order valence-electron chi connectivity index (χ2n) is 4.88. The van der Waals surface area contributed by atoms with Gasteiger partial charge in [-0.05, 0) is 23.8 Å². The van der Waals surface area contributed by atoms with Crippen molar-refractivity contribution >= 4 is 11.6 Å². The first-order valence-electron chi connectivity index (χ1n) is 7.03. The van der Waals surface area contributed by atoms with Gasteiger partial charge in [0.05, 0.1) is 11.5 Å². The number of amides is 1. The Morgan fingerprint density at radius 1 is 1.30 bits per heavy atom. The Hall–Kier alpha value is -2.80. The third kappa shape index (κ3) is 4.58. The average molecular weight is 315 g/mol. The number of hydrogen-bond donors (Lipinski definition) is 0. The van der Waals surface area contributed by atoms with Crippen molar-refractivity contribution in [3.63, 3.8) is 0 Å². The van der Waals surface area contributed by atoms with E-state index in [9.17, 15) is 14.9 Å². The van der Waals surface area contributed by atoms with Crippen molar-refractivity contribution in [1.82, 2.24) is 9.88 Å². The molecular formula is C16H17N3O4. The van der Waals surface area contributed by atoms with Crippen molar-refractivity contribution in [2.45, 2.75) is 6.54 Å². The van der Waals surface area contributed by atoms with E-state index in [1.54, 1.807) is 30.5 Å². The van der Waals surface area contributed by atoms with E-state index < -0.39 is 4.92 Å². The number of ether oxygens (including phenoxy) is 1. The van der Waals surface area contributed by atoms with E-state index in [0.29, 0.717) is 19.7 Å². The summed E-state index contributed by atoms with van der Waals surface area (Å²) in [7, 11) is 1.56. The second-order valence-corrected chi connectivity index (χ2v) is 4.88. The first kappa shape index (κ1) is 16.6. The van der Waals surface area contributed by atoms with E-state index in [1.165, 1.54) is 18.2 Å². The molecule has 2 rings (SSSR count). The molecule has 1 heterocycles. The van der Waals surface area contributed by atoms with Crippen molar-refractivity contribution in [2.24, 2.45) is 0 Å². The number of carbonyl (C=O) groups is 1. The van der Waals surface area contributed by atoms with Crippen molar-refractivity contribution in [3.05, 3.63) is 70.0 Å². The molecule has 2 aromatic rings. The summed E-state index contributed by atoms with van der Waals surface area (Å²) in [6.07, 6.45) is 3.31. The SMILES string of the molecule is COCCN(Cc1ccncc1)C(=O)c1cccc([N+](=O)[O-])c1. The van der Waals surface area contributed by atoms with Crippen LogP contribution in [0.2, 0.25) is 0 Å². The summed E-state index contributed by atoms with van der Waals surface area (Å²) in [6, 6.07) is 9.36. The van der Waals surface area contributed by atoms with Crippen LogP contribution in [0.5, 0.6) is 0 Å². The zero-order chi connectivity index (χ0) is 16.7. The molecule has 0 radical (unpaired) electrons.